The van der Waals surface area contributed by atoms with E-state index >= 15 is 0 Å². The molecule has 0 atom stereocenters. The Bertz CT molecular complexity index is 696. The first-order chi connectivity index (χ1) is 11.5. The second-order valence-corrected chi connectivity index (χ2v) is 9.32. The average molecular weight is 369 g/mol. The molecule has 7 heteroatoms. The van der Waals surface area contributed by atoms with E-state index in [0.717, 1.165) is 30.6 Å². The van der Waals surface area contributed by atoms with Crippen molar-refractivity contribution in [3.05, 3.63) is 18.2 Å². The van der Waals surface area contributed by atoms with Crippen molar-refractivity contribution in [2.24, 2.45) is 0 Å². The molecule has 0 saturated heterocycles. The van der Waals surface area contributed by atoms with Crippen molar-refractivity contribution in [1.29, 1.82) is 0 Å². The lowest BCUT2D eigenvalue weighted by Crippen LogP contribution is -2.35. The van der Waals surface area contributed by atoms with Gasteiger partial charge in [0.25, 0.3) is 0 Å². The van der Waals surface area contributed by atoms with Gasteiger partial charge in [-0.25, -0.2) is 13.1 Å². The largest absolute Gasteiger partial charge is 0.325 e. The number of benzene rings is 1. The van der Waals surface area contributed by atoms with Gasteiger partial charge in [0.15, 0.2) is 0 Å². The molecular weight excluding hydrogens is 344 g/mol. The predicted molar refractivity (Wildman–Crippen MR) is 96.8 cm³/mol. The van der Waals surface area contributed by atoms with Crippen molar-refractivity contribution < 1.29 is 13.2 Å². The van der Waals surface area contributed by atoms with Gasteiger partial charge in [-0.1, -0.05) is 32.1 Å². The van der Waals surface area contributed by atoms with E-state index in [1.165, 1.54) is 19.3 Å². The number of carbonyl (C=O) groups excluding carboxylic acids is 1. The Kier molecular flexibility index (Phi) is 5.84. The molecule has 1 aromatic carbocycles. The molecule has 1 aromatic rings. The molecule has 2 aliphatic rings. The number of sulfonamides is 1. The Balaban J connectivity index is 1.77. The average Bonchev–Trinajstić information content (AvgIpc) is 2.69. The molecule has 1 amide bonds. The number of thioether (sulfide) groups is 1. The monoisotopic (exact) mass is 368 g/mol. The van der Waals surface area contributed by atoms with Crippen LogP contribution in [0, 0.1) is 0 Å². The minimum Gasteiger partial charge on any atom is -0.325 e. The van der Waals surface area contributed by atoms with E-state index in [1.54, 1.807) is 30.0 Å². The fraction of sp³-hybridized carbons (Fsp3) is 0.588. The molecule has 132 valence electrons. The van der Waals surface area contributed by atoms with Gasteiger partial charge in [-0.3, -0.25) is 4.79 Å². The summed E-state index contributed by atoms with van der Waals surface area (Å²) in [5.41, 5.74) is 0.600. The van der Waals surface area contributed by atoms with Gasteiger partial charge in [-0.15, -0.1) is 11.8 Å². The number of anilines is 1. The first-order valence-electron chi connectivity index (χ1n) is 8.64. The zero-order chi connectivity index (χ0) is 17.0. The molecule has 1 aliphatic heterocycles. The first-order valence-corrected chi connectivity index (χ1v) is 11.1. The summed E-state index contributed by atoms with van der Waals surface area (Å²) >= 11 is 1.57. The van der Waals surface area contributed by atoms with E-state index in [-0.39, 0.29) is 16.8 Å². The molecular formula is C17H24N2O3S2. The van der Waals surface area contributed by atoms with Crippen LogP contribution in [-0.2, 0) is 14.8 Å². The SMILES string of the molecule is O=C1CCSc2ccc(S(=O)(=O)NC3CCCCCCC3)cc2N1. The highest BCUT2D eigenvalue weighted by Crippen LogP contribution is 2.32. The van der Waals surface area contributed by atoms with Crippen LogP contribution >= 0.6 is 11.8 Å². The van der Waals surface area contributed by atoms with Gasteiger partial charge in [0, 0.05) is 23.1 Å². The van der Waals surface area contributed by atoms with Gasteiger partial charge in [-0.05, 0) is 31.0 Å². The van der Waals surface area contributed by atoms with Crippen LogP contribution in [0.5, 0.6) is 0 Å². The number of rotatable bonds is 3. The highest BCUT2D eigenvalue weighted by atomic mass is 32.2. The van der Waals surface area contributed by atoms with Crippen molar-refractivity contribution in [3.63, 3.8) is 0 Å². The molecule has 2 N–H and O–H groups in total. The minimum absolute atomic E-state index is 0.0121. The number of hydrogen-bond donors (Lipinski definition) is 2. The molecule has 1 saturated carbocycles. The van der Waals surface area contributed by atoms with E-state index < -0.39 is 10.0 Å². The van der Waals surface area contributed by atoms with E-state index in [2.05, 4.69) is 10.0 Å². The Morgan fingerprint density at radius 2 is 1.79 bits per heavy atom. The summed E-state index contributed by atoms with van der Waals surface area (Å²) in [6.45, 7) is 0. The van der Waals surface area contributed by atoms with Crippen LogP contribution in [0.1, 0.15) is 51.4 Å². The molecule has 0 bridgehead atoms. The number of nitrogens with one attached hydrogen (secondary N) is 2. The predicted octanol–water partition coefficient (Wildman–Crippen LogP) is 3.51. The first kappa shape index (κ1) is 17.8. The molecule has 1 heterocycles. The van der Waals surface area contributed by atoms with E-state index in [0.29, 0.717) is 17.9 Å². The summed E-state index contributed by atoms with van der Waals surface area (Å²) in [6.07, 6.45) is 8.01. The number of fused-ring (bicyclic) bond motifs is 1. The summed E-state index contributed by atoms with van der Waals surface area (Å²) in [5, 5.41) is 2.80. The lowest BCUT2D eigenvalue weighted by atomic mass is 9.97. The quantitative estimate of drug-likeness (QED) is 0.856. The van der Waals surface area contributed by atoms with Crippen molar-refractivity contribution in [1.82, 2.24) is 4.72 Å². The van der Waals surface area contributed by atoms with Crippen LogP contribution in [-0.4, -0.2) is 26.1 Å². The zero-order valence-corrected chi connectivity index (χ0v) is 15.3. The van der Waals surface area contributed by atoms with Gasteiger partial charge < -0.3 is 5.32 Å². The zero-order valence-electron chi connectivity index (χ0n) is 13.7. The summed E-state index contributed by atoms with van der Waals surface area (Å²) in [5.74, 6) is 0.648. The third-order valence-electron chi connectivity index (χ3n) is 4.55. The topological polar surface area (TPSA) is 75.3 Å². The molecule has 24 heavy (non-hydrogen) atoms. The van der Waals surface area contributed by atoms with Gasteiger partial charge in [-0.2, -0.15) is 0 Å². The maximum atomic E-state index is 12.7. The van der Waals surface area contributed by atoms with Crippen LogP contribution in [0.2, 0.25) is 0 Å². The van der Waals surface area contributed by atoms with Crippen LogP contribution in [0.25, 0.3) is 0 Å². The normalized spacial score (nSPS) is 20.4. The Morgan fingerprint density at radius 3 is 2.54 bits per heavy atom. The smallest absolute Gasteiger partial charge is 0.240 e. The molecule has 0 radical (unpaired) electrons. The highest BCUT2D eigenvalue weighted by Gasteiger charge is 2.23. The molecule has 0 aromatic heterocycles. The standard InChI is InChI=1S/C17H24N2O3S2/c20-17-10-11-23-16-9-8-14(12-15(16)18-17)24(21,22)19-13-6-4-2-1-3-5-7-13/h8-9,12-13,19H,1-7,10-11H2,(H,18,20). The van der Waals surface area contributed by atoms with Crippen molar-refractivity contribution >= 4 is 33.4 Å². The van der Waals surface area contributed by atoms with Crippen LogP contribution < -0.4 is 10.0 Å². The third-order valence-corrected chi connectivity index (χ3v) is 7.14. The Morgan fingerprint density at radius 1 is 1.08 bits per heavy atom. The van der Waals surface area contributed by atoms with Crippen LogP contribution in [0.15, 0.2) is 28.0 Å². The molecule has 3 rings (SSSR count). The Hall–Kier alpha value is -1.05. The molecule has 0 spiro atoms. The lowest BCUT2D eigenvalue weighted by Gasteiger charge is -2.21. The van der Waals surface area contributed by atoms with Crippen LogP contribution in [0.3, 0.4) is 0 Å². The highest BCUT2D eigenvalue weighted by molar-refractivity contribution is 7.99. The second kappa shape index (κ2) is 7.89. The second-order valence-electron chi connectivity index (χ2n) is 6.47. The molecule has 0 unspecified atom stereocenters. The lowest BCUT2D eigenvalue weighted by molar-refractivity contribution is -0.115. The van der Waals surface area contributed by atoms with Crippen molar-refractivity contribution in [2.75, 3.05) is 11.1 Å². The van der Waals surface area contributed by atoms with E-state index in [4.69, 9.17) is 0 Å². The number of amides is 1. The van der Waals surface area contributed by atoms with Gasteiger partial charge in [0.2, 0.25) is 15.9 Å². The summed E-state index contributed by atoms with van der Waals surface area (Å²) in [6, 6.07) is 5.02. The number of carbonyl (C=O) groups is 1. The summed E-state index contributed by atoms with van der Waals surface area (Å²) in [4.78, 5) is 12.9. The summed E-state index contributed by atoms with van der Waals surface area (Å²) in [7, 11) is -3.56. The maximum absolute atomic E-state index is 12.7. The maximum Gasteiger partial charge on any atom is 0.240 e. The van der Waals surface area contributed by atoms with E-state index in [1.807, 2.05) is 0 Å². The van der Waals surface area contributed by atoms with E-state index in [9.17, 15) is 13.2 Å². The number of hydrogen-bond acceptors (Lipinski definition) is 4. The van der Waals surface area contributed by atoms with Crippen molar-refractivity contribution in [2.45, 2.75) is 67.2 Å². The van der Waals surface area contributed by atoms with Crippen LogP contribution in [0.4, 0.5) is 5.69 Å². The van der Waals surface area contributed by atoms with Crippen molar-refractivity contribution in [3.8, 4) is 0 Å². The fourth-order valence-corrected chi connectivity index (χ4v) is 5.50. The molecule has 1 fully saturated rings. The van der Waals surface area contributed by atoms with Gasteiger partial charge in [0.1, 0.15) is 0 Å². The van der Waals surface area contributed by atoms with Gasteiger partial charge in [0.05, 0.1) is 10.6 Å². The molecule has 1 aliphatic carbocycles. The fourth-order valence-electron chi connectivity index (χ4n) is 3.23. The minimum atomic E-state index is -3.56. The Labute approximate surface area is 148 Å². The third kappa shape index (κ3) is 4.52. The molecule has 5 nitrogen and oxygen atoms in total. The van der Waals surface area contributed by atoms with Gasteiger partial charge >= 0.3 is 0 Å². The summed E-state index contributed by atoms with van der Waals surface area (Å²) < 4.78 is 28.3.